The molecule has 2 aliphatic rings. The maximum absolute atomic E-state index is 12.0. The molecular formula is C18H23NO4. The van der Waals surface area contributed by atoms with E-state index in [2.05, 4.69) is 4.98 Å². The summed E-state index contributed by atoms with van der Waals surface area (Å²) in [5.41, 5.74) is 0.700. The van der Waals surface area contributed by atoms with Crippen LogP contribution < -0.4 is 5.56 Å². The molecule has 0 radical (unpaired) electrons. The monoisotopic (exact) mass is 317 g/mol. The molecule has 1 saturated heterocycles. The molecule has 1 aliphatic heterocycles. The highest BCUT2D eigenvalue weighted by atomic mass is 16.6. The van der Waals surface area contributed by atoms with E-state index in [1.807, 2.05) is 19.1 Å². The number of carbonyl (C=O) groups is 2. The van der Waals surface area contributed by atoms with Gasteiger partial charge in [-0.15, -0.1) is 0 Å². The summed E-state index contributed by atoms with van der Waals surface area (Å²) in [5, 5.41) is 0. The van der Waals surface area contributed by atoms with Crippen molar-refractivity contribution in [1.82, 2.24) is 4.98 Å². The molecule has 2 fully saturated rings. The van der Waals surface area contributed by atoms with E-state index in [0.29, 0.717) is 24.8 Å². The van der Waals surface area contributed by atoms with Gasteiger partial charge in [-0.2, -0.15) is 0 Å². The Bertz CT molecular complexity index is 654. The SMILES string of the molecule is Cc1ccc(CCC2(C3CCCC3)CC(=O)CC(=O)O2)c(=O)[nH]1. The second-order valence-corrected chi connectivity index (χ2v) is 6.91. The zero-order valence-corrected chi connectivity index (χ0v) is 13.5. The molecule has 124 valence electrons. The first-order valence-corrected chi connectivity index (χ1v) is 8.41. The maximum atomic E-state index is 12.0. The van der Waals surface area contributed by atoms with Crippen LogP contribution in [0, 0.1) is 12.8 Å². The Hall–Kier alpha value is -1.91. The largest absolute Gasteiger partial charge is 0.458 e. The normalized spacial score (nSPS) is 25.6. The predicted octanol–water partition coefficient (Wildman–Crippen LogP) is 2.45. The lowest BCUT2D eigenvalue weighted by Crippen LogP contribution is -2.48. The Kier molecular flexibility index (Phi) is 4.37. The molecule has 1 unspecified atom stereocenters. The standard InChI is InChI=1S/C18H23NO4/c1-12-6-7-13(17(22)19-12)8-9-18(14-4-2-3-5-14)11-15(20)10-16(21)23-18/h6-7,14H,2-5,8-11H2,1H3,(H,19,22). The lowest BCUT2D eigenvalue weighted by molar-refractivity contribution is -0.178. The third kappa shape index (κ3) is 3.38. The van der Waals surface area contributed by atoms with Gasteiger partial charge in [-0.25, -0.2) is 0 Å². The number of esters is 1. The van der Waals surface area contributed by atoms with E-state index in [9.17, 15) is 14.4 Å². The number of aryl methyl sites for hydroxylation is 2. The Labute approximate surface area is 135 Å². The Balaban J connectivity index is 1.82. The van der Waals surface area contributed by atoms with Gasteiger partial charge in [0, 0.05) is 17.7 Å². The fourth-order valence-corrected chi connectivity index (χ4v) is 4.02. The summed E-state index contributed by atoms with van der Waals surface area (Å²) < 4.78 is 5.74. The van der Waals surface area contributed by atoms with Crippen molar-refractivity contribution >= 4 is 11.8 Å². The average Bonchev–Trinajstić information content (AvgIpc) is 3.00. The highest BCUT2D eigenvalue weighted by molar-refractivity contribution is 5.98. The van der Waals surface area contributed by atoms with Crippen molar-refractivity contribution < 1.29 is 14.3 Å². The third-order valence-electron chi connectivity index (χ3n) is 5.21. The summed E-state index contributed by atoms with van der Waals surface area (Å²) in [6.45, 7) is 1.84. The number of aromatic nitrogens is 1. The van der Waals surface area contributed by atoms with Crippen LogP contribution in [0.2, 0.25) is 0 Å². The van der Waals surface area contributed by atoms with Crippen LogP contribution in [-0.4, -0.2) is 22.3 Å². The summed E-state index contributed by atoms with van der Waals surface area (Å²) in [6.07, 6.45) is 5.46. The fraction of sp³-hybridized carbons (Fsp3) is 0.611. The molecule has 0 spiro atoms. The van der Waals surface area contributed by atoms with Crippen molar-refractivity contribution in [2.24, 2.45) is 5.92 Å². The molecule has 3 rings (SSSR count). The van der Waals surface area contributed by atoms with Gasteiger partial charge < -0.3 is 9.72 Å². The first kappa shape index (κ1) is 16.0. The van der Waals surface area contributed by atoms with E-state index < -0.39 is 11.6 Å². The molecule has 1 atom stereocenters. The number of ether oxygens (including phenoxy) is 1. The van der Waals surface area contributed by atoms with Crippen LogP contribution in [0.25, 0.3) is 0 Å². The lowest BCUT2D eigenvalue weighted by atomic mass is 9.76. The Morgan fingerprint density at radius 1 is 1.22 bits per heavy atom. The van der Waals surface area contributed by atoms with E-state index >= 15 is 0 Å². The van der Waals surface area contributed by atoms with Gasteiger partial charge in [0.05, 0.1) is 0 Å². The molecule has 1 saturated carbocycles. The Morgan fingerprint density at radius 2 is 1.96 bits per heavy atom. The molecule has 5 heteroatoms. The van der Waals surface area contributed by atoms with E-state index in [1.165, 1.54) is 0 Å². The summed E-state index contributed by atoms with van der Waals surface area (Å²) in [7, 11) is 0. The van der Waals surface area contributed by atoms with Gasteiger partial charge >= 0.3 is 5.97 Å². The van der Waals surface area contributed by atoms with Crippen LogP contribution in [0.5, 0.6) is 0 Å². The third-order valence-corrected chi connectivity index (χ3v) is 5.21. The van der Waals surface area contributed by atoms with Crippen LogP contribution in [0.3, 0.4) is 0 Å². The number of aromatic amines is 1. The Morgan fingerprint density at radius 3 is 2.61 bits per heavy atom. The zero-order valence-electron chi connectivity index (χ0n) is 13.5. The highest BCUT2D eigenvalue weighted by Crippen LogP contribution is 2.43. The average molecular weight is 317 g/mol. The number of hydrogen-bond acceptors (Lipinski definition) is 4. The minimum atomic E-state index is -0.708. The molecule has 5 nitrogen and oxygen atoms in total. The predicted molar refractivity (Wildman–Crippen MR) is 85.1 cm³/mol. The van der Waals surface area contributed by atoms with Gasteiger partial charge in [0.25, 0.3) is 5.56 Å². The van der Waals surface area contributed by atoms with E-state index in [4.69, 9.17) is 4.74 Å². The number of rotatable bonds is 4. The molecule has 0 aromatic carbocycles. The minimum absolute atomic E-state index is 0.0361. The smallest absolute Gasteiger partial charge is 0.313 e. The number of H-pyrrole nitrogens is 1. The molecule has 1 N–H and O–H groups in total. The number of nitrogens with one attached hydrogen (secondary N) is 1. The van der Waals surface area contributed by atoms with Crippen LogP contribution in [0.1, 0.15) is 56.2 Å². The molecule has 1 aromatic rings. The van der Waals surface area contributed by atoms with Gasteiger partial charge in [-0.3, -0.25) is 14.4 Å². The maximum Gasteiger partial charge on any atom is 0.313 e. The van der Waals surface area contributed by atoms with Crippen molar-refractivity contribution in [2.45, 2.75) is 63.9 Å². The summed E-state index contributed by atoms with van der Waals surface area (Å²) >= 11 is 0. The second kappa shape index (κ2) is 6.30. The van der Waals surface area contributed by atoms with Crippen LogP contribution in [-0.2, 0) is 20.7 Å². The number of hydrogen-bond donors (Lipinski definition) is 1. The summed E-state index contributed by atoms with van der Waals surface area (Å²) in [4.78, 5) is 38.7. The van der Waals surface area contributed by atoms with E-state index in [1.54, 1.807) is 0 Å². The van der Waals surface area contributed by atoms with Crippen molar-refractivity contribution in [1.29, 1.82) is 0 Å². The highest BCUT2D eigenvalue weighted by Gasteiger charge is 2.47. The van der Waals surface area contributed by atoms with Crippen molar-refractivity contribution in [3.05, 3.63) is 33.7 Å². The number of pyridine rings is 1. The molecule has 23 heavy (non-hydrogen) atoms. The molecule has 0 bridgehead atoms. The first-order valence-electron chi connectivity index (χ1n) is 8.41. The van der Waals surface area contributed by atoms with Gasteiger partial charge in [0.2, 0.25) is 0 Å². The quantitative estimate of drug-likeness (QED) is 0.683. The van der Waals surface area contributed by atoms with Gasteiger partial charge in [-0.05, 0) is 44.6 Å². The molecule has 0 amide bonds. The zero-order chi connectivity index (χ0) is 16.4. The van der Waals surface area contributed by atoms with Gasteiger partial charge in [-0.1, -0.05) is 18.9 Å². The van der Waals surface area contributed by atoms with Crippen molar-refractivity contribution in [3.63, 3.8) is 0 Å². The second-order valence-electron chi connectivity index (χ2n) is 6.91. The first-order chi connectivity index (χ1) is 11.0. The van der Waals surface area contributed by atoms with Crippen LogP contribution in [0.15, 0.2) is 16.9 Å². The minimum Gasteiger partial charge on any atom is -0.458 e. The molecular weight excluding hydrogens is 294 g/mol. The number of cyclic esters (lactones) is 1. The fourth-order valence-electron chi connectivity index (χ4n) is 4.02. The molecule has 1 aromatic heterocycles. The number of ketones is 1. The lowest BCUT2D eigenvalue weighted by Gasteiger charge is -2.41. The van der Waals surface area contributed by atoms with E-state index in [-0.39, 0.29) is 23.7 Å². The van der Waals surface area contributed by atoms with Gasteiger partial charge in [0.15, 0.2) is 0 Å². The molecule has 2 heterocycles. The van der Waals surface area contributed by atoms with Crippen molar-refractivity contribution in [2.75, 3.05) is 0 Å². The van der Waals surface area contributed by atoms with Crippen LogP contribution >= 0.6 is 0 Å². The van der Waals surface area contributed by atoms with E-state index in [0.717, 1.165) is 31.4 Å². The number of Topliss-reactive ketones (excluding diaryl/α,β-unsaturated/α-hetero) is 1. The number of carbonyl (C=O) groups excluding carboxylic acids is 2. The van der Waals surface area contributed by atoms with Crippen LogP contribution in [0.4, 0.5) is 0 Å². The summed E-state index contributed by atoms with van der Waals surface area (Å²) in [5.74, 6) is -0.211. The molecule has 1 aliphatic carbocycles. The summed E-state index contributed by atoms with van der Waals surface area (Å²) in [6, 6.07) is 3.69. The topological polar surface area (TPSA) is 76.2 Å². The van der Waals surface area contributed by atoms with Crippen molar-refractivity contribution in [3.8, 4) is 0 Å². The van der Waals surface area contributed by atoms with Gasteiger partial charge in [0.1, 0.15) is 17.8 Å².